The highest BCUT2D eigenvalue weighted by Gasteiger charge is 2.15. The Balaban J connectivity index is 1.50. The van der Waals surface area contributed by atoms with Gasteiger partial charge in [0.15, 0.2) is 18.1 Å². The largest absolute Gasteiger partial charge is 0.493 e. The molecule has 1 amide bonds. The van der Waals surface area contributed by atoms with Gasteiger partial charge in [0.2, 0.25) is 0 Å². The molecule has 0 aliphatic rings. The number of ether oxygens (including phenoxy) is 3. The fraction of sp³-hybridized carbons (Fsp3) is 0.217. The molecule has 1 N–H and O–H groups in total. The molecule has 0 saturated carbocycles. The van der Waals surface area contributed by atoms with E-state index in [1.54, 1.807) is 38.3 Å². The molecule has 1 heterocycles. The van der Waals surface area contributed by atoms with Gasteiger partial charge in [-0.3, -0.25) is 4.79 Å². The van der Waals surface area contributed by atoms with E-state index in [9.17, 15) is 9.59 Å². The van der Waals surface area contributed by atoms with E-state index in [4.69, 9.17) is 18.6 Å². The van der Waals surface area contributed by atoms with E-state index in [-0.39, 0.29) is 12.6 Å². The summed E-state index contributed by atoms with van der Waals surface area (Å²) in [6.45, 7) is 1.41. The van der Waals surface area contributed by atoms with Crippen LogP contribution in [0.1, 0.15) is 24.3 Å². The lowest BCUT2D eigenvalue weighted by atomic mass is 10.2. The lowest BCUT2D eigenvalue weighted by Crippen LogP contribution is -2.30. The van der Waals surface area contributed by atoms with Crippen molar-refractivity contribution < 1.29 is 28.2 Å². The Morgan fingerprint density at radius 1 is 1.07 bits per heavy atom. The predicted octanol–water partition coefficient (Wildman–Crippen LogP) is 3.88. The topological polar surface area (TPSA) is 87.0 Å². The number of methoxy groups -OCH3 is 2. The first-order valence-electron chi connectivity index (χ1n) is 9.35. The molecule has 0 aliphatic heterocycles. The van der Waals surface area contributed by atoms with Crippen molar-refractivity contribution in [3.05, 3.63) is 65.9 Å². The van der Waals surface area contributed by atoms with E-state index in [2.05, 4.69) is 5.32 Å². The van der Waals surface area contributed by atoms with Gasteiger partial charge in [0.25, 0.3) is 5.91 Å². The predicted molar refractivity (Wildman–Crippen MR) is 112 cm³/mol. The van der Waals surface area contributed by atoms with Crippen molar-refractivity contribution in [2.45, 2.75) is 13.0 Å². The number of hydrogen-bond acceptors (Lipinski definition) is 6. The van der Waals surface area contributed by atoms with Crippen molar-refractivity contribution in [2.24, 2.45) is 0 Å². The molecule has 1 aromatic heterocycles. The van der Waals surface area contributed by atoms with Crippen LogP contribution in [0.25, 0.3) is 17.0 Å². The van der Waals surface area contributed by atoms with Crippen molar-refractivity contribution in [1.29, 1.82) is 0 Å². The number of para-hydroxylation sites is 1. The quantitative estimate of drug-likeness (QED) is 0.449. The van der Waals surface area contributed by atoms with Crippen LogP contribution in [0.4, 0.5) is 0 Å². The van der Waals surface area contributed by atoms with Crippen LogP contribution in [-0.4, -0.2) is 32.7 Å². The SMILES string of the molecule is COc1ccc(/C=C/C(=O)OCC(=O)N[C@H](C)c2cc3ccccc3o2)cc1OC. The third kappa shape index (κ3) is 5.20. The molecule has 3 aromatic rings. The second-order valence-electron chi connectivity index (χ2n) is 6.53. The average molecular weight is 409 g/mol. The zero-order valence-corrected chi connectivity index (χ0v) is 17.0. The number of nitrogens with one attached hydrogen (secondary N) is 1. The molecule has 30 heavy (non-hydrogen) atoms. The molecule has 0 spiro atoms. The molecule has 0 radical (unpaired) electrons. The summed E-state index contributed by atoms with van der Waals surface area (Å²) in [5.74, 6) is 0.718. The Kier molecular flexibility index (Phi) is 6.75. The second kappa shape index (κ2) is 9.65. The van der Waals surface area contributed by atoms with E-state index >= 15 is 0 Å². The van der Waals surface area contributed by atoms with Gasteiger partial charge in [-0.25, -0.2) is 4.79 Å². The molecule has 156 valence electrons. The summed E-state index contributed by atoms with van der Waals surface area (Å²) in [4.78, 5) is 24.0. The van der Waals surface area contributed by atoms with Crippen LogP contribution in [0.2, 0.25) is 0 Å². The number of amides is 1. The molecular weight excluding hydrogens is 386 g/mol. The first-order valence-corrected chi connectivity index (χ1v) is 9.35. The van der Waals surface area contributed by atoms with Crippen LogP contribution in [0, 0.1) is 0 Å². The Bertz CT molecular complexity index is 1040. The molecule has 0 saturated heterocycles. The molecule has 0 fully saturated rings. The van der Waals surface area contributed by atoms with E-state index in [0.717, 1.165) is 16.5 Å². The van der Waals surface area contributed by atoms with Crippen LogP contribution < -0.4 is 14.8 Å². The van der Waals surface area contributed by atoms with E-state index in [1.807, 2.05) is 30.3 Å². The minimum Gasteiger partial charge on any atom is -0.493 e. The number of rotatable bonds is 8. The molecule has 0 aliphatic carbocycles. The van der Waals surface area contributed by atoms with E-state index in [1.165, 1.54) is 13.2 Å². The van der Waals surface area contributed by atoms with Crippen molar-refractivity contribution in [3.63, 3.8) is 0 Å². The van der Waals surface area contributed by atoms with Gasteiger partial charge in [-0.1, -0.05) is 24.3 Å². The minimum atomic E-state index is -0.628. The lowest BCUT2D eigenvalue weighted by molar-refractivity contribution is -0.144. The molecule has 7 nitrogen and oxygen atoms in total. The van der Waals surface area contributed by atoms with Crippen LogP contribution in [-0.2, 0) is 14.3 Å². The van der Waals surface area contributed by atoms with Gasteiger partial charge in [-0.15, -0.1) is 0 Å². The number of hydrogen-bond donors (Lipinski definition) is 1. The van der Waals surface area contributed by atoms with Crippen LogP contribution >= 0.6 is 0 Å². The van der Waals surface area contributed by atoms with E-state index < -0.39 is 11.9 Å². The summed E-state index contributed by atoms with van der Waals surface area (Å²) in [5, 5.41) is 3.71. The summed E-state index contributed by atoms with van der Waals surface area (Å²) in [5.41, 5.74) is 1.48. The van der Waals surface area contributed by atoms with Gasteiger partial charge < -0.3 is 23.9 Å². The van der Waals surface area contributed by atoms with Gasteiger partial charge in [0.1, 0.15) is 11.3 Å². The maximum atomic E-state index is 12.1. The van der Waals surface area contributed by atoms with E-state index in [0.29, 0.717) is 17.3 Å². The molecule has 2 aromatic carbocycles. The van der Waals surface area contributed by atoms with Crippen LogP contribution in [0.5, 0.6) is 11.5 Å². The highest BCUT2D eigenvalue weighted by Crippen LogP contribution is 2.28. The lowest BCUT2D eigenvalue weighted by Gasteiger charge is -2.11. The number of fused-ring (bicyclic) bond motifs is 1. The third-order valence-electron chi connectivity index (χ3n) is 4.41. The highest BCUT2D eigenvalue weighted by molar-refractivity contribution is 5.89. The van der Waals surface area contributed by atoms with Gasteiger partial charge in [0, 0.05) is 11.5 Å². The number of benzene rings is 2. The third-order valence-corrected chi connectivity index (χ3v) is 4.41. The average Bonchev–Trinajstić information content (AvgIpc) is 3.20. The normalized spacial score (nSPS) is 12.0. The molecule has 7 heteroatoms. The van der Waals surface area contributed by atoms with Crippen LogP contribution in [0.3, 0.4) is 0 Å². The Hall–Kier alpha value is -3.74. The van der Waals surface area contributed by atoms with Gasteiger partial charge in [-0.2, -0.15) is 0 Å². The highest BCUT2D eigenvalue weighted by atomic mass is 16.5. The maximum Gasteiger partial charge on any atom is 0.331 e. The summed E-state index contributed by atoms with van der Waals surface area (Å²) in [7, 11) is 3.08. The molecular formula is C23H23NO6. The van der Waals surface area contributed by atoms with Crippen molar-refractivity contribution in [3.8, 4) is 11.5 Å². The maximum absolute atomic E-state index is 12.1. The Morgan fingerprint density at radius 3 is 2.57 bits per heavy atom. The Morgan fingerprint density at radius 2 is 1.83 bits per heavy atom. The van der Waals surface area contributed by atoms with Crippen LogP contribution in [0.15, 0.2) is 59.0 Å². The van der Waals surface area contributed by atoms with Gasteiger partial charge in [0.05, 0.1) is 20.3 Å². The van der Waals surface area contributed by atoms with Gasteiger partial charge in [-0.05, 0) is 42.8 Å². The molecule has 0 bridgehead atoms. The van der Waals surface area contributed by atoms with Crippen molar-refractivity contribution in [2.75, 3.05) is 20.8 Å². The molecule has 0 unspecified atom stereocenters. The number of furan rings is 1. The second-order valence-corrected chi connectivity index (χ2v) is 6.53. The summed E-state index contributed by atoms with van der Waals surface area (Å²) < 4.78 is 21.1. The number of carbonyl (C=O) groups is 2. The molecule has 1 atom stereocenters. The fourth-order valence-corrected chi connectivity index (χ4v) is 2.88. The Labute approximate surface area is 174 Å². The zero-order valence-electron chi connectivity index (χ0n) is 17.0. The number of esters is 1. The van der Waals surface area contributed by atoms with Gasteiger partial charge >= 0.3 is 5.97 Å². The minimum absolute atomic E-state index is 0.356. The zero-order chi connectivity index (χ0) is 21.5. The number of carbonyl (C=O) groups excluding carboxylic acids is 2. The smallest absolute Gasteiger partial charge is 0.331 e. The van der Waals surface area contributed by atoms with Crippen molar-refractivity contribution in [1.82, 2.24) is 5.32 Å². The standard InChI is InChI=1S/C23H23NO6/c1-15(20-13-17-6-4-5-7-18(17)30-20)24-22(25)14-29-23(26)11-9-16-8-10-19(27-2)21(12-16)28-3/h4-13,15H,14H2,1-3H3,(H,24,25)/b11-9+/t15-/m1/s1. The monoisotopic (exact) mass is 409 g/mol. The first kappa shape index (κ1) is 21.0. The summed E-state index contributed by atoms with van der Waals surface area (Å²) >= 11 is 0. The summed E-state index contributed by atoms with van der Waals surface area (Å²) in [6.07, 6.45) is 2.82. The first-order chi connectivity index (χ1) is 14.5. The summed E-state index contributed by atoms with van der Waals surface area (Å²) in [6, 6.07) is 14.3. The fourth-order valence-electron chi connectivity index (χ4n) is 2.88. The molecule has 3 rings (SSSR count). The van der Waals surface area contributed by atoms with Crippen molar-refractivity contribution >= 4 is 28.9 Å².